The van der Waals surface area contributed by atoms with Crippen LogP contribution < -0.4 is 5.84 Å². The van der Waals surface area contributed by atoms with Crippen molar-refractivity contribution in [1.82, 2.24) is 9.99 Å². The molecular weight excluding hydrogens is 346 g/mol. The van der Waals surface area contributed by atoms with Crippen molar-refractivity contribution < 1.29 is 4.79 Å². The normalized spacial score (nSPS) is 10.8. The van der Waals surface area contributed by atoms with E-state index in [0.717, 1.165) is 22.9 Å². The molecule has 1 aromatic heterocycles. The number of hydrogen-bond donors (Lipinski definition) is 1. The number of fused-ring (bicyclic) bond motifs is 1. The smallest absolute Gasteiger partial charge is 0.268 e. The largest absolute Gasteiger partial charge is 0.272 e. The lowest BCUT2D eigenvalue weighted by atomic mass is 10.0. The van der Waals surface area contributed by atoms with Crippen LogP contribution in [0, 0.1) is 0 Å². The maximum absolute atomic E-state index is 12.7. The molecule has 28 heavy (non-hydrogen) atoms. The molecule has 0 aliphatic heterocycles. The zero-order chi connectivity index (χ0) is 19.3. The van der Waals surface area contributed by atoms with Gasteiger partial charge in [0.15, 0.2) is 0 Å². The van der Waals surface area contributed by atoms with Gasteiger partial charge in [0, 0.05) is 17.1 Å². The third kappa shape index (κ3) is 4.08. The molecule has 0 radical (unpaired) electrons. The van der Waals surface area contributed by atoms with E-state index in [2.05, 4.69) is 29.2 Å². The molecule has 1 amide bonds. The highest BCUT2D eigenvalue weighted by Crippen LogP contribution is 2.16. The van der Waals surface area contributed by atoms with Gasteiger partial charge in [0.25, 0.3) is 5.91 Å². The molecule has 2 N–H and O–H groups in total. The lowest BCUT2D eigenvalue weighted by Gasteiger charge is -2.17. The van der Waals surface area contributed by atoms with Crippen molar-refractivity contribution in [1.29, 1.82) is 0 Å². The average Bonchev–Trinajstić information content (AvgIpc) is 2.75. The van der Waals surface area contributed by atoms with E-state index in [1.165, 1.54) is 16.1 Å². The first-order chi connectivity index (χ1) is 13.7. The summed E-state index contributed by atoms with van der Waals surface area (Å²) in [6, 6.07) is 27.8. The van der Waals surface area contributed by atoms with Crippen molar-refractivity contribution in [2.45, 2.75) is 13.0 Å². The number of rotatable bonds is 5. The highest BCUT2D eigenvalue weighted by atomic mass is 16.2. The summed E-state index contributed by atoms with van der Waals surface area (Å²) in [6.45, 7) is 0.357. The molecule has 3 aromatic carbocycles. The number of carbonyl (C=O) groups is 1. The molecule has 0 unspecified atom stereocenters. The van der Waals surface area contributed by atoms with Crippen LogP contribution in [0.4, 0.5) is 0 Å². The predicted molar refractivity (Wildman–Crippen MR) is 111 cm³/mol. The third-order valence-electron chi connectivity index (χ3n) is 4.74. The lowest BCUT2D eigenvalue weighted by Crippen LogP contribution is -2.36. The minimum Gasteiger partial charge on any atom is -0.272 e. The van der Waals surface area contributed by atoms with E-state index in [1.54, 1.807) is 12.3 Å². The number of aromatic nitrogens is 1. The Labute approximate surface area is 164 Å². The summed E-state index contributed by atoms with van der Waals surface area (Å²) >= 11 is 0. The second kappa shape index (κ2) is 8.03. The van der Waals surface area contributed by atoms with Gasteiger partial charge in [0.2, 0.25) is 0 Å². The van der Waals surface area contributed by atoms with Gasteiger partial charge < -0.3 is 0 Å². The van der Waals surface area contributed by atoms with Gasteiger partial charge in [0.05, 0.1) is 12.1 Å². The molecule has 0 aliphatic carbocycles. The van der Waals surface area contributed by atoms with Crippen molar-refractivity contribution >= 4 is 16.8 Å². The van der Waals surface area contributed by atoms with E-state index in [-0.39, 0.29) is 5.91 Å². The van der Waals surface area contributed by atoms with Crippen LogP contribution in [0.5, 0.6) is 0 Å². The second-order valence-corrected chi connectivity index (χ2v) is 6.82. The van der Waals surface area contributed by atoms with Crippen LogP contribution in [0.15, 0.2) is 91.1 Å². The number of benzene rings is 3. The first-order valence-electron chi connectivity index (χ1n) is 9.22. The van der Waals surface area contributed by atoms with Crippen molar-refractivity contribution in [2.75, 3.05) is 0 Å². The van der Waals surface area contributed by atoms with Gasteiger partial charge in [-0.25, -0.2) is 5.84 Å². The van der Waals surface area contributed by atoms with Gasteiger partial charge in [0.1, 0.15) is 0 Å². The van der Waals surface area contributed by atoms with Gasteiger partial charge in [-0.2, -0.15) is 0 Å². The maximum Gasteiger partial charge on any atom is 0.268 e. The first-order valence-corrected chi connectivity index (χ1v) is 9.22. The molecule has 138 valence electrons. The van der Waals surface area contributed by atoms with Gasteiger partial charge in [-0.05, 0) is 47.4 Å². The standard InChI is InChI=1S/C24H21N3O/c25-27(24(28)22-12-13-23-21(16-22)7-4-14-26-23)17-20-10-8-19(9-11-20)15-18-5-2-1-3-6-18/h1-14,16H,15,17,25H2. The molecule has 0 spiro atoms. The second-order valence-electron chi connectivity index (χ2n) is 6.82. The zero-order valence-electron chi connectivity index (χ0n) is 15.5. The van der Waals surface area contributed by atoms with Crippen LogP contribution in [0.1, 0.15) is 27.0 Å². The topological polar surface area (TPSA) is 59.2 Å². The Hall–Kier alpha value is -3.50. The van der Waals surface area contributed by atoms with E-state index in [0.29, 0.717) is 12.1 Å². The summed E-state index contributed by atoms with van der Waals surface area (Å²) in [4.78, 5) is 17.0. The van der Waals surface area contributed by atoms with Gasteiger partial charge in [-0.15, -0.1) is 0 Å². The zero-order valence-corrected chi connectivity index (χ0v) is 15.5. The Kier molecular flexibility index (Phi) is 5.13. The molecule has 4 rings (SSSR count). The molecule has 0 saturated heterocycles. The minimum atomic E-state index is -0.209. The van der Waals surface area contributed by atoms with Crippen molar-refractivity contribution in [2.24, 2.45) is 5.84 Å². The predicted octanol–water partition coefficient (Wildman–Crippen LogP) is 4.34. The van der Waals surface area contributed by atoms with Crippen molar-refractivity contribution in [3.05, 3.63) is 113 Å². The molecule has 4 heteroatoms. The van der Waals surface area contributed by atoms with Crippen LogP contribution in [-0.2, 0) is 13.0 Å². The van der Waals surface area contributed by atoms with Crippen molar-refractivity contribution in [3.8, 4) is 0 Å². The summed E-state index contributed by atoms with van der Waals surface area (Å²) in [7, 11) is 0. The van der Waals surface area contributed by atoms with E-state index >= 15 is 0 Å². The molecule has 4 nitrogen and oxygen atoms in total. The highest BCUT2D eigenvalue weighted by molar-refractivity contribution is 5.97. The van der Waals surface area contributed by atoms with E-state index in [1.807, 2.05) is 54.6 Å². The number of hydrogen-bond acceptors (Lipinski definition) is 3. The molecule has 1 heterocycles. The van der Waals surface area contributed by atoms with Gasteiger partial charge in [-0.3, -0.25) is 14.8 Å². The number of carbonyl (C=O) groups excluding carboxylic acids is 1. The summed E-state index contributed by atoms with van der Waals surface area (Å²) in [6.07, 6.45) is 2.62. The van der Waals surface area contributed by atoms with Crippen molar-refractivity contribution in [3.63, 3.8) is 0 Å². The first kappa shape index (κ1) is 17.9. The summed E-state index contributed by atoms with van der Waals surface area (Å²) < 4.78 is 0. The summed E-state index contributed by atoms with van der Waals surface area (Å²) in [5.74, 6) is 5.85. The van der Waals surface area contributed by atoms with Crippen LogP contribution in [0.3, 0.4) is 0 Å². The van der Waals surface area contributed by atoms with Crippen LogP contribution in [0.25, 0.3) is 10.9 Å². The minimum absolute atomic E-state index is 0.209. The molecular formula is C24H21N3O. The number of amides is 1. The molecule has 4 aromatic rings. The highest BCUT2D eigenvalue weighted by Gasteiger charge is 2.13. The maximum atomic E-state index is 12.7. The summed E-state index contributed by atoms with van der Waals surface area (Å²) in [5, 5.41) is 2.18. The third-order valence-corrected chi connectivity index (χ3v) is 4.74. The fraction of sp³-hybridized carbons (Fsp3) is 0.0833. The number of nitrogens with two attached hydrogens (primary N) is 1. The molecule has 0 aliphatic rings. The molecule has 0 saturated carbocycles. The Morgan fingerprint density at radius 2 is 1.54 bits per heavy atom. The van der Waals surface area contributed by atoms with Crippen LogP contribution >= 0.6 is 0 Å². The van der Waals surface area contributed by atoms with Gasteiger partial charge >= 0.3 is 0 Å². The number of hydrazine groups is 1. The van der Waals surface area contributed by atoms with E-state index < -0.39 is 0 Å². The Balaban J connectivity index is 1.43. The molecule has 0 atom stereocenters. The Bertz CT molecular complexity index is 1090. The monoisotopic (exact) mass is 367 g/mol. The number of pyridine rings is 1. The summed E-state index contributed by atoms with van der Waals surface area (Å²) in [5.41, 5.74) is 4.92. The number of nitrogens with zero attached hydrogens (tertiary/aromatic N) is 2. The van der Waals surface area contributed by atoms with Crippen LogP contribution in [0.2, 0.25) is 0 Å². The Morgan fingerprint density at radius 3 is 2.32 bits per heavy atom. The molecule has 0 fully saturated rings. The Morgan fingerprint density at radius 1 is 0.821 bits per heavy atom. The van der Waals surface area contributed by atoms with Crippen LogP contribution in [-0.4, -0.2) is 15.9 Å². The quantitative estimate of drug-likeness (QED) is 0.324. The lowest BCUT2D eigenvalue weighted by molar-refractivity contribution is 0.0743. The van der Waals surface area contributed by atoms with E-state index in [4.69, 9.17) is 5.84 Å². The SMILES string of the molecule is NN(Cc1ccc(Cc2ccccc2)cc1)C(=O)c1ccc2ncccc2c1. The fourth-order valence-electron chi connectivity index (χ4n) is 3.24. The fourth-order valence-corrected chi connectivity index (χ4v) is 3.24. The average molecular weight is 367 g/mol. The van der Waals surface area contributed by atoms with Gasteiger partial charge in [-0.1, -0.05) is 60.7 Å². The van der Waals surface area contributed by atoms with E-state index in [9.17, 15) is 4.79 Å². The molecule has 0 bridgehead atoms.